The highest BCUT2D eigenvalue weighted by Gasteiger charge is 2.30. The number of hydrogen-bond acceptors (Lipinski definition) is 2. The van der Waals surface area contributed by atoms with E-state index in [1.165, 1.54) is 12.4 Å². The van der Waals surface area contributed by atoms with Gasteiger partial charge in [0, 0.05) is 18.3 Å². The molecule has 1 aromatic carbocycles. The number of aryl methyl sites for hydroxylation is 1. The summed E-state index contributed by atoms with van der Waals surface area (Å²) in [5, 5.41) is 0. The van der Waals surface area contributed by atoms with Gasteiger partial charge in [-0.2, -0.15) is 13.2 Å². The Labute approximate surface area is 103 Å². The monoisotopic (exact) mass is 252 g/mol. The zero-order chi connectivity index (χ0) is 13.2. The van der Waals surface area contributed by atoms with Crippen molar-refractivity contribution in [3.05, 3.63) is 59.2 Å². The van der Waals surface area contributed by atoms with Crippen LogP contribution in [0.5, 0.6) is 0 Å². The third kappa shape index (κ3) is 2.85. The van der Waals surface area contributed by atoms with Crippen molar-refractivity contribution in [1.29, 1.82) is 0 Å². The maximum absolute atomic E-state index is 12.6. The molecule has 1 heterocycles. The molecule has 5 heteroatoms. The molecule has 1 aromatic heterocycles. The van der Waals surface area contributed by atoms with Gasteiger partial charge >= 0.3 is 6.18 Å². The molecule has 0 unspecified atom stereocenters. The van der Waals surface area contributed by atoms with Crippen LogP contribution in [0.3, 0.4) is 0 Å². The van der Waals surface area contributed by atoms with Gasteiger partial charge < -0.3 is 0 Å². The number of benzene rings is 1. The minimum absolute atomic E-state index is 0.399. The van der Waals surface area contributed by atoms with Crippen molar-refractivity contribution in [2.45, 2.75) is 19.5 Å². The summed E-state index contributed by atoms with van der Waals surface area (Å²) in [4.78, 5) is 7.89. The van der Waals surface area contributed by atoms with Crippen LogP contribution in [0.4, 0.5) is 13.2 Å². The molecular weight excluding hydrogens is 241 g/mol. The van der Waals surface area contributed by atoms with Crippen LogP contribution in [0.25, 0.3) is 0 Å². The van der Waals surface area contributed by atoms with Gasteiger partial charge in [0.25, 0.3) is 0 Å². The van der Waals surface area contributed by atoms with E-state index >= 15 is 0 Å². The lowest BCUT2D eigenvalue weighted by Crippen LogP contribution is -2.05. The minimum Gasteiger partial charge on any atom is -0.245 e. The maximum Gasteiger partial charge on any atom is 0.416 e. The van der Waals surface area contributed by atoms with Crippen molar-refractivity contribution in [1.82, 2.24) is 9.97 Å². The molecule has 94 valence electrons. The summed E-state index contributed by atoms with van der Waals surface area (Å²) in [6.07, 6.45) is -0.859. The van der Waals surface area contributed by atoms with E-state index in [-0.39, 0.29) is 0 Å². The summed E-state index contributed by atoms with van der Waals surface area (Å²) in [5.74, 6) is 0. The molecular formula is C13H11F3N2. The van der Waals surface area contributed by atoms with Gasteiger partial charge in [0.1, 0.15) is 6.33 Å². The standard InChI is InChI=1S/C13H11F3N2/c1-9-11(7-17-8-18-9)5-10-3-2-4-12(6-10)13(14,15)16/h2-4,6-8H,5H2,1H3. The van der Waals surface area contributed by atoms with Crippen molar-refractivity contribution >= 4 is 0 Å². The van der Waals surface area contributed by atoms with Gasteiger partial charge in [-0.3, -0.25) is 0 Å². The first-order valence-corrected chi connectivity index (χ1v) is 5.38. The first kappa shape index (κ1) is 12.5. The molecule has 0 bridgehead atoms. The lowest BCUT2D eigenvalue weighted by atomic mass is 10.0. The van der Waals surface area contributed by atoms with Crippen LogP contribution in [-0.4, -0.2) is 9.97 Å². The molecule has 0 fully saturated rings. The third-order valence-corrected chi connectivity index (χ3v) is 2.66. The fourth-order valence-corrected chi connectivity index (χ4v) is 1.67. The summed E-state index contributed by atoms with van der Waals surface area (Å²) in [6, 6.07) is 5.31. The Morgan fingerprint density at radius 3 is 2.67 bits per heavy atom. The van der Waals surface area contributed by atoms with Crippen LogP contribution >= 0.6 is 0 Å². The lowest BCUT2D eigenvalue weighted by Gasteiger charge is -2.09. The second kappa shape index (κ2) is 4.76. The summed E-state index contributed by atoms with van der Waals surface area (Å²) in [6.45, 7) is 1.81. The zero-order valence-corrected chi connectivity index (χ0v) is 9.70. The largest absolute Gasteiger partial charge is 0.416 e. The average molecular weight is 252 g/mol. The Bertz CT molecular complexity index is 550. The Balaban J connectivity index is 2.28. The zero-order valence-electron chi connectivity index (χ0n) is 9.70. The van der Waals surface area contributed by atoms with Crippen molar-refractivity contribution in [2.75, 3.05) is 0 Å². The second-order valence-corrected chi connectivity index (χ2v) is 4.01. The van der Waals surface area contributed by atoms with Crippen molar-refractivity contribution < 1.29 is 13.2 Å². The molecule has 0 N–H and O–H groups in total. The molecule has 0 aliphatic carbocycles. The van der Waals surface area contributed by atoms with Crippen LogP contribution in [0.15, 0.2) is 36.8 Å². The topological polar surface area (TPSA) is 25.8 Å². The van der Waals surface area contributed by atoms with Gasteiger partial charge in [-0.05, 0) is 24.1 Å². The van der Waals surface area contributed by atoms with Gasteiger partial charge in [0.2, 0.25) is 0 Å². The number of aromatic nitrogens is 2. The fraction of sp³-hybridized carbons (Fsp3) is 0.231. The molecule has 0 aliphatic rings. The third-order valence-electron chi connectivity index (χ3n) is 2.66. The number of hydrogen-bond donors (Lipinski definition) is 0. The first-order valence-electron chi connectivity index (χ1n) is 5.38. The molecule has 0 saturated heterocycles. The second-order valence-electron chi connectivity index (χ2n) is 4.01. The van der Waals surface area contributed by atoms with Crippen molar-refractivity contribution in [3.8, 4) is 0 Å². The van der Waals surface area contributed by atoms with Gasteiger partial charge in [-0.1, -0.05) is 18.2 Å². The van der Waals surface area contributed by atoms with Gasteiger partial charge in [-0.15, -0.1) is 0 Å². The Hall–Kier alpha value is -1.91. The Morgan fingerprint density at radius 1 is 1.22 bits per heavy atom. The van der Waals surface area contributed by atoms with Crippen LogP contribution in [-0.2, 0) is 12.6 Å². The highest BCUT2D eigenvalue weighted by atomic mass is 19.4. The normalized spacial score (nSPS) is 11.6. The van der Waals surface area contributed by atoms with Crippen LogP contribution < -0.4 is 0 Å². The molecule has 0 amide bonds. The van der Waals surface area contributed by atoms with Gasteiger partial charge in [0.15, 0.2) is 0 Å². The van der Waals surface area contributed by atoms with E-state index in [4.69, 9.17) is 0 Å². The SMILES string of the molecule is Cc1ncncc1Cc1cccc(C(F)(F)F)c1. The summed E-state index contributed by atoms with van der Waals surface area (Å²) in [5.41, 5.74) is 1.58. The van der Waals surface area contributed by atoms with E-state index in [2.05, 4.69) is 9.97 Å². The molecule has 0 atom stereocenters. The van der Waals surface area contributed by atoms with E-state index in [0.29, 0.717) is 12.0 Å². The van der Waals surface area contributed by atoms with E-state index < -0.39 is 11.7 Å². The number of rotatable bonds is 2. The number of nitrogens with zero attached hydrogens (tertiary/aromatic N) is 2. The average Bonchev–Trinajstić information content (AvgIpc) is 2.31. The summed E-state index contributed by atoms with van der Waals surface area (Å²) < 4.78 is 37.7. The quantitative estimate of drug-likeness (QED) is 0.818. The predicted molar refractivity (Wildman–Crippen MR) is 61.0 cm³/mol. The Kier molecular flexibility index (Phi) is 3.32. The number of alkyl halides is 3. The first-order chi connectivity index (χ1) is 8.47. The summed E-state index contributed by atoms with van der Waals surface area (Å²) >= 11 is 0. The highest BCUT2D eigenvalue weighted by molar-refractivity contribution is 5.31. The molecule has 0 aliphatic heterocycles. The molecule has 2 rings (SSSR count). The maximum atomic E-state index is 12.6. The molecule has 2 aromatic rings. The number of halogens is 3. The van der Waals surface area contributed by atoms with Crippen LogP contribution in [0.1, 0.15) is 22.4 Å². The van der Waals surface area contributed by atoms with Gasteiger partial charge in [-0.25, -0.2) is 9.97 Å². The fourth-order valence-electron chi connectivity index (χ4n) is 1.67. The van der Waals surface area contributed by atoms with E-state index in [1.54, 1.807) is 12.3 Å². The van der Waals surface area contributed by atoms with E-state index in [9.17, 15) is 13.2 Å². The van der Waals surface area contributed by atoms with Crippen LogP contribution in [0.2, 0.25) is 0 Å². The molecule has 0 spiro atoms. The summed E-state index contributed by atoms with van der Waals surface area (Å²) in [7, 11) is 0. The van der Waals surface area contributed by atoms with E-state index in [1.807, 2.05) is 6.92 Å². The van der Waals surface area contributed by atoms with Crippen molar-refractivity contribution in [3.63, 3.8) is 0 Å². The lowest BCUT2D eigenvalue weighted by molar-refractivity contribution is -0.137. The molecule has 0 radical (unpaired) electrons. The van der Waals surface area contributed by atoms with Gasteiger partial charge in [0.05, 0.1) is 5.56 Å². The highest BCUT2D eigenvalue weighted by Crippen LogP contribution is 2.30. The van der Waals surface area contributed by atoms with E-state index in [0.717, 1.165) is 23.4 Å². The molecule has 0 saturated carbocycles. The minimum atomic E-state index is -4.31. The van der Waals surface area contributed by atoms with Crippen LogP contribution in [0, 0.1) is 6.92 Å². The molecule has 2 nitrogen and oxygen atoms in total. The van der Waals surface area contributed by atoms with Crippen molar-refractivity contribution in [2.24, 2.45) is 0 Å². The molecule has 18 heavy (non-hydrogen) atoms. The smallest absolute Gasteiger partial charge is 0.245 e. The predicted octanol–water partition coefficient (Wildman–Crippen LogP) is 3.39. The Morgan fingerprint density at radius 2 is 2.00 bits per heavy atom.